The van der Waals surface area contributed by atoms with Crippen molar-refractivity contribution in [2.24, 2.45) is 0 Å². The molecule has 0 aromatic rings. The maximum absolute atomic E-state index is 9.40. The van der Waals surface area contributed by atoms with Crippen molar-refractivity contribution in [2.75, 3.05) is 26.8 Å². The van der Waals surface area contributed by atoms with E-state index in [1.165, 1.54) is 6.08 Å². The van der Waals surface area contributed by atoms with E-state index in [0.29, 0.717) is 13.2 Å². The summed E-state index contributed by atoms with van der Waals surface area (Å²) in [6.45, 7) is 7.14. The predicted molar refractivity (Wildman–Crippen MR) is 45.6 cm³/mol. The molecule has 0 saturated carbocycles. The molecule has 3 nitrogen and oxygen atoms in total. The third-order valence-electron chi connectivity index (χ3n) is 1.41. The van der Waals surface area contributed by atoms with Crippen LogP contribution in [0.2, 0.25) is 0 Å². The van der Waals surface area contributed by atoms with Crippen LogP contribution in [0.4, 0.5) is 0 Å². The SMILES string of the molecule is C=CC(C)(O)CNCCOC. The number of methoxy groups -OCH3 is 1. The van der Waals surface area contributed by atoms with Crippen molar-refractivity contribution < 1.29 is 9.84 Å². The third kappa shape index (κ3) is 6.04. The van der Waals surface area contributed by atoms with Gasteiger partial charge in [-0.05, 0) is 6.92 Å². The highest BCUT2D eigenvalue weighted by molar-refractivity contribution is 4.93. The average Bonchev–Trinajstić information content (AvgIpc) is 1.99. The minimum absolute atomic E-state index is 0.514. The first-order chi connectivity index (χ1) is 5.12. The fraction of sp³-hybridized carbons (Fsp3) is 0.750. The van der Waals surface area contributed by atoms with Crippen molar-refractivity contribution in [3.05, 3.63) is 12.7 Å². The van der Waals surface area contributed by atoms with Crippen LogP contribution >= 0.6 is 0 Å². The number of rotatable bonds is 6. The molecule has 0 bridgehead atoms. The van der Waals surface area contributed by atoms with E-state index in [1.54, 1.807) is 14.0 Å². The van der Waals surface area contributed by atoms with Gasteiger partial charge in [0.2, 0.25) is 0 Å². The van der Waals surface area contributed by atoms with Gasteiger partial charge in [0.25, 0.3) is 0 Å². The molecule has 0 rings (SSSR count). The van der Waals surface area contributed by atoms with Gasteiger partial charge in [0.05, 0.1) is 12.2 Å². The fourth-order valence-corrected chi connectivity index (χ4v) is 0.588. The van der Waals surface area contributed by atoms with E-state index in [4.69, 9.17) is 4.74 Å². The van der Waals surface area contributed by atoms with Crippen LogP contribution in [0, 0.1) is 0 Å². The molecule has 0 aliphatic heterocycles. The molecule has 0 aromatic carbocycles. The second kappa shape index (κ2) is 5.29. The Kier molecular flexibility index (Phi) is 5.11. The zero-order valence-electron chi connectivity index (χ0n) is 7.26. The van der Waals surface area contributed by atoms with E-state index < -0.39 is 5.60 Å². The van der Waals surface area contributed by atoms with Gasteiger partial charge in [-0.2, -0.15) is 0 Å². The van der Waals surface area contributed by atoms with Crippen molar-refractivity contribution in [1.82, 2.24) is 5.32 Å². The Balaban J connectivity index is 3.30. The molecule has 2 N–H and O–H groups in total. The van der Waals surface area contributed by atoms with Gasteiger partial charge >= 0.3 is 0 Å². The van der Waals surface area contributed by atoms with Crippen LogP contribution in [0.1, 0.15) is 6.92 Å². The Morgan fingerprint density at radius 3 is 2.82 bits per heavy atom. The van der Waals surface area contributed by atoms with E-state index in [1.807, 2.05) is 0 Å². The number of hydrogen-bond acceptors (Lipinski definition) is 3. The van der Waals surface area contributed by atoms with Gasteiger partial charge < -0.3 is 15.2 Å². The average molecular weight is 159 g/mol. The van der Waals surface area contributed by atoms with Crippen molar-refractivity contribution in [3.8, 4) is 0 Å². The Hall–Kier alpha value is -0.380. The minimum Gasteiger partial charge on any atom is -0.385 e. The van der Waals surface area contributed by atoms with Crippen LogP contribution < -0.4 is 5.32 Å². The molecule has 0 fully saturated rings. The van der Waals surface area contributed by atoms with E-state index >= 15 is 0 Å². The summed E-state index contributed by atoms with van der Waals surface area (Å²) in [5.74, 6) is 0. The first-order valence-corrected chi connectivity index (χ1v) is 3.68. The summed E-state index contributed by atoms with van der Waals surface area (Å²) < 4.78 is 4.82. The van der Waals surface area contributed by atoms with Crippen molar-refractivity contribution in [2.45, 2.75) is 12.5 Å². The normalized spacial score (nSPS) is 15.9. The molecule has 0 heterocycles. The van der Waals surface area contributed by atoms with Crippen molar-refractivity contribution in [3.63, 3.8) is 0 Å². The molecular weight excluding hydrogens is 142 g/mol. The quantitative estimate of drug-likeness (QED) is 0.428. The molecule has 0 aliphatic carbocycles. The maximum Gasteiger partial charge on any atom is 0.0920 e. The topological polar surface area (TPSA) is 41.5 Å². The molecule has 1 unspecified atom stereocenters. The monoisotopic (exact) mass is 159 g/mol. The van der Waals surface area contributed by atoms with Crippen molar-refractivity contribution >= 4 is 0 Å². The highest BCUT2D eigenvalue weighted by Gasteiger charge is 2.13. The van der Waals surface area contributed by atoms with Gasteiger partial charge in [0.1, 0.15) is 0 Å². The molecule has 66 valence electrons. The first kappa shape index (κ1) is 10.6. The zero-order chi connectivity index (χ0) is 8.74. The molecule has 3 heteroatoms. The smallest absolute Gasteiger partial charge is 0.0920 e. The lowest BCUT2D eigenvalue weighted by molar-refractivity contribution is 0.106. The lowest BCUT2D eigenvalue weighted by atomic mass is 10.1. The Bertz CT molecular complexity index is 113. The molecular formula is C8H17NO2. The molecule has 0 saturated heterocycles. The molecule has 0 radical (unpaired) electrons. The first-order valence-electron chi connectivity index (χ1n) is 3.68. The molecule has 0 aromatic heterocycles. The van der Waals surface area contributed by atoms with Gasteiger partial charge in [-0.3, -0.25) is 0 Å². The molecule has 0 amide bonds. The summed E-state index contributed by atoms with van der Waals surface area (Å²) in [6, 6.07) is 0. The summed E-state index contributed by atoms with van der Waals surface area (Å²) >= 11 is 0. The lowest BCUT2D eigenvalue weighted by Gasteiger charge is -2.18. The predicted octanol–water partition coefficient (Wildman–Crippen LogP) is 0.159. The van der Waals surface area contributed by atoms with Gasteiger partial charge in [-0.25, -0.2) is 0 Å². The summed E-state index contributed by atoms with van der Waals surface area (Å²) in [5.41, 5.74) is -0.812. The van der Waals surface area contributed by atoms with Crippen LogP contribution in [0.25, 0.3) is 0 Å². The van der Waals surface area contributed by atoms with E-state index in [0.717, 1.165) is 6.54 Å². The van der Waals surface area contributed by atoms with E-state index in [9.17, 15) is 5.11 Å². The Morgan fingerprint density at radius 1 is 1.73 bits per heavy atom. The minimum atomic E-state index is -0.812. The summed E-state index contributed by atoms with van der Waals surface area (Å²) in [4.78, 5) is 0. The third-order valence-corrected chi connectivity index (χ3v) is 1.41. The maximum atomic E-state index is 9.40. The molecule has 1 atom stereocenters. The van der Waals surface area contributed by atoms with Gasteiger partial charge in [0.15, 0.2) is 0 Å². The van der Waals surface area contributed by atoms with Crippen LogP contribution in [0.15, 0.2) is 12.7 Å². The summed E-state index contributed by atoms with van der Waals surface area (Å²) in [6.07, 6.45) is 1.52. The number of hydrogen-bond donors (Lipinski definition) is 2. The zero-order valence-corrected chi connectivity index (χ0v) is 7.26. The largest absolute Gasteiger partial charge is 0.385 e. The second-order valence-corrected chi connectivity index (χ2v) is 2.73. The van der Waals surface area contributed by atoms with E-state index in [2.05, 4.69) is 11.9 Å². The number of aliphatic hydroxyl groups is 1. The van der Waals surface area contributed by atoms with Gasteiger partial charge in [0, 0.05) is 20.2 Å². The second-order valence-electron chi connectivity index (χ2n) is 2.73. The van der Waals surface area contributed by atoms with Crippen LogP contribution in [-0.4, -0.2) is 37.5 Å². The van der Waals surface area contributed by atoms with Gasteiger partial charge in [-0.15, -0.1) is 6.58 Å². The standard InChI is InChI=1S/C8H17NO2/c1-4-8(2,10)7-9-5-6-11-3/h4,9-10H,1,5-7H2,2-3H3. The molecule has 11 heavy (non-hydrogen) atoms. The molecule has 0 aliphatic rings. The van der Waals surface area contributed by atoms with Gasteiger partial charge in [-0.1, -0.05) is 6.08 Å². The fourth-order valence-electron chi connectivity index (χ4n) is 0.588. The van der Waals surface area contributed by atoms with E-state index in [-0.39, 0.29) is 0 Å². The van der Waals surface area contributed by atoms with Crippen LogP contribution in [0.3, 0.4) is 0 Å². The molecule has 0 spiro atoms. The Labute approximate surface area is 68.1 Å². The lowest BCUT2D eigenvalue weighted by Crippen LogP contribution is -2.37. The highest BCUT2D eigenvalue weighted by atomic mass is 16.5. The Morgan fingerprint density at radius 2 is 2.36 bits per heavy atom. The van der Waals surface area contributed by atoms with Crippen LogP contribution in [0.5, 0.6) is 0 Å². The number of ether oxygens (including phenoxy) is 1. The van der Waals surface area contributed by atoms with Crippen molar-refractivity contribution in [1.29, 1.82) is 0 Å². The number of nitrogens with one attached hydrogen (secondary N) is 1. The van der Waals surface area contributed by atoms with Crippen LogP contribution in [-0.2, 0) is 4.74 Å². The summed E-state index contributed by atoms with van der Waals surface area (Å²) in [5, 5.41) is 12.4. The summed E-state index contributed by atoms with van der Waals surface area (Å²) in [7, 11) is 1.65. The highest BCUT2D eigenvalue weighted by Crippen LogP contribution is 2.00.